The Morgan fingerprint density at radius 3 is 2.45 bits per heavy atom. The summed E-state index contributed by atoms with van der Waals surface area (Å²) in [5.41, 5.74) is -1.32. The summed E-state index contributed by atoms with van der Waals surface area (Å²) in [4.78, 5) is 38.2. The largest absolute Gasteiger partial charge is 0.480 e. The smallest absolute Gasteiger partial charge is 0.329 e. The molecule has 1 rings (SSSR count). The van der Waals surface area contributed by atoms with Gasteiger partial charge in [0.05, 0.1) is 7.11 Å². The van der Waals surface area contributed by atoms with Crippen molar-refractivity contribution in [1.29, 1.82) is 0 Å². The molecular formula is C13H22N2O5. The number of ether oxygens (including phenoxy) is 1. The zero-order valence-electron chi connectivity index (χ0n) is 12.4. The van der Waals surface area contributed by atoms with Gasteiger partial charge in [0.2, 0.25) is 0 Å². The van der Waals surface area contributed by atoms with Crippen LogP contribution in [0.4, 0.5) is 4.79 Å². The highest BCUT2D eigenvalue weighted by atomic mass is 16.5. The lowest BCUT2D eigenvalue weighted by Gasteiger charge is -2.38. The molecule has 0 saturated carbocycles. The van der Waals surface area contributed by atoms with E-state index in [1.54, 1.807) is 6.92 Å². The topological polar surface area (TPSA) is 87.2 Å². The Hall–Kier alpha value is -1.79. The first kappa shape index (κ1) is 16.3. The minimum atomic E-state index is -1.32. The second-order valence-electron chi connectivity index (χ2n) is 5.27. The summed E-state index contributed by atoms with van der Waals surface area (Å²) in [6.07, 6.45) is 1.25. The van der Waals surface area contributed by atoms with Crippen LogP contribution in [-0.2, 0) is 14.3 Å². The summed E-state index contributed by atoms with van der Waals surface area (Å²) >= 11 is 0. The van der Waals surface area contributed by atoms with Crippen LogP contribution in [0.15, 0.2) is 0 Å². The number of urea groups is 1. The van der Waals surface area contributed by atoms with E-state index < -0.39 is 29.6 Å². The van der Waals surface area contributed by atoms with Gasteiger partial charge in [0.15, 0.2) is 0 Å². The predicted octanol–water partition coefficient (Wildman–Crippen LogP) is 0.929. The predicted molar refractivity (Wildman–Crippen MR) is 71.2 cm³/mol. The normalized spacial score (nSPS) is 18.8. The SMILES string of the molecule is CCN(C(=O)N1CCCC1C(=O)OC)C(C)(C)C(=O)O. The molecule has 7 heteroatoms. The molecule has 1 unspecified atom stereocenters. The average Bonchev–Trinajstić information content (AvgIpc) is 2.87. The van der Waals surface area contributed by atoms with Crippen LogP contribution in [-0.4, -0.2) is 64.7 Å². The number of nitrogens with zero attached hydrogens (tertiary/aromatic N) is 2. The molecule has 1 heterocycles. The van der Waals surface area contributed by atoms with Gasteiger partial charge in [-0.2, -0.15) is 0 Å². The Balaban J connectivity index is 2.97. The molecule has 1 atom stereocenters. The van der Waals surface area contributed by atoms with E-state index in [2.05, 4.69) is 0 Å². The van der Waals surface area contributed by atoms with Crippen molar-refractivity contribution >= 4 is 18.0 Å². The molecule has 1 N–H and O–H groups in total. The van der Waals surface area contributed by atoms with Crippen molar-refractivity contribution in [2.75, 3.05) is 20.2 Å². The lowest BCUT2D eigenvalue weighted by atomic mass is 10.0. The van der Waals surface area contributed by atoms with Crippen molar-refractivity contribution in [2.24, 2.45) is 0 Å². The van der Waals surface area contributed by atoms with Gasteiger partial charge in [-0.3, -0.25) is 0 Å². The maximum absolute atomic E-state index is 12.5. The number of methoxy groups -OCH3 is 1. The van der Waals surface area contributed by atoms with E-state index in [0.29, 0.717) is 19.4 Å². The van der Waals surface area contributed by atoms with E-state index in [9.17, 15) is 19.5 Å². The lowest BCUT2D eigenvalue weighted by Crippen LogP contribution is -2.58. The van der Waals surface area contributed by atoms with Crippen LogP contribution < -0.4 is 0 Å². The Labute approximate surface area is 118 Å². The number of likely N-dealkylation sites (N-methyl/N-ethyl adjacent to an activating group) is 1. The molecule has 2 amide bonds. The van der Waals surface area contributed by atoms with Crippen molar-refractivity contribution in [2.45, 2.75) is 45.2 Å². The second-order valence-corrected chi connectivity index (χ2v) is 5.27. The fraction of sp³-hybridized carbons (Fsp3) is 0.769. The highest BCUT2D eigenvalue weighted by Crippen LogP contribution is 2.24. The molecule has 1 aliphatic heterocycles. The number of carbonyl (C=O) groups is 3. The summed E-state index contributed by atoms with van der Waals surface area (Å²) in [6.45, 7) is 5.35. The van der Waals surface area contributed by atoms with Crippen LogP contribution in [0.25, 0.3) is 0 Å². The van der Waals surface area contributed by atoms with Gasteiger partial charge in [0.25, 0.3) is 0 Å². The van der Waals surface area contributed by atoms with Crippen LogP contribution in [0, 0.1) is 0 Å². The summed E-state index contributed by atoms with van der Waals surface area (Å²) < 4.78 is 4.69. The van der Waals surface area contributed by atoms with Crippen LogP contribution in [0.3, 0.4) is 0 Å². The number of hydrogen-bond acceptors (Lipinski definition) is 4. The number of esters is 1. The monoisotopic (exact) mass is 286 g/mol. The van der Waals surface area contributed by atoms with Crippen molar-refractivity contribution in [3.8, 4) is 0 Å². The van der Waals surface area contributed by atoms with E-state index in [0.717, 1.165) is 0 Å². The number of carboxylic acid groups (broad SMARTS) is 1. The van der Waals surface area contributed by atoms with E-state index in [4.69, 9.17) is 4.74 Å². The molecule has 0 spiro atoms. The van der Waals surface area contributed by atoms with E-state index in [1.807, 2.05) is 0 Å². The highest BCUT2D eigenvalue weighted by Gasteiger charge is 2.43. The van der Waals surface area contributed by atoms with Crippen molar-refractivity contribution < 1.29 is 24.2 Å². The summed E-state index contributed by atoms with van der Waals surface area (Å²) in [7, 11) is 1.28. The second kappa shape index (κ2) is 6.11. The number of rotatable bonds is 4. The molecule has 0 aromatic rings. The maximum atomic E-state index is 12.5. The number of amides is 2. The molecule has 7 nitrogen and oxygen atoms in total. The molecule has 1 fully saturated rings. The molecule has 0 radical (unpaired) electrons. The Bertz CT molecular complexity index is 408. The van der Waals surface area contributed by atoms with Gasteiger partial charge in [-0.25, -0.2) is 14.4 Å². The lowest BCUT2D eigenvalue weighted by molar-refractivity contribution is -0.148. The van der Waals surface area contributed by atoms with Gasteiger partial charge < -0.3 is 19.6 Å². The first-order chi connectivity index (χ1) is 9.27. The highest BCUT2D eigenvalue weighted by molar-refractivity contribution is 5.88. The fourth-order valence-corrected chi connectivity index (χ4v) is 2.42. The minimum absolute atomic E-state index is 0.253. The average molecular weight is 286 g/mol. The van der Waals surface area contributed by atoms with Crippen LogP contribution in [0.5, 0.6) is 0 Å². The van der Waals surface area contributed by atoms with Crippen molar-refractivity contribution in [3.63, 3.8) is 0 Å². The third kappa shape index (κ3) is 2.86. The molecule has 0 aromatic carbocycles. The zero-order chi connectivity index (χ0) is 15.5. The Morgan fingerprint density at radius 2 is 2.00 bits per heavy atom. The molecule has 114 valence electrons. The number of likely N-dealkylation sites (tertiary alicyclic amines) is 1. The molecule has 20 heavy (non-hydrogen) atoms. The van der Waals surface area contributed by atoms with Crippen LogP contribution in [0.2, 0.25) is 0 Å². The molecule has 1 aliphatic rings. The first-order valence-electron chi connectivity index (χ1n) is 6.66. The molecule has 1 saturated heterocycles. The van der Waals surface area contributed by atoms with Crippen LogP contribution >= 0.6 is 0 Å². The van der Waals surface area contributed by atoms with Gasteiger partial charge in [0, 0.05) is 13.1 Å². The fourth-order valence-electron chi connectivity index (χ4n) is 2.42. The number of carboxylic acids is 1. The van der Waals surface area contributed by atoms with E-state index in [1.165, 1.54) is 30.8 Å². The maximum Gasteiger partial charge on any atom is 0.329 e. The Kier molecular flexibility index (Phi) is 4.97. The minimum Gasteiger partial charge on any atom is -0.480 e. The first-order valence-corrected chi connectivity index (χ1v) is 6.66. The number of aliphatic carboxylic acids is 1. The summed E-state index contributed by atoms with van der Waals surface area (Å²) in [5.74, 6) is -1.54. The van der Waals surface area contributed by atoms with Gasteiger partial charge in [-0.15, -0.1) is 0 Å². The van der Waals surface area contributed by atoms with Crippen LogP contribution in [0.1, 0.15) is 33.6 Å². The number of carbonyl (C=O) groups excluding carboxylic acids is 2. The quantitative estimate of drug-likeness (QED) is 0.777. The molecular weight excluding hydrogens is 264 g/mol. The Morgan fingerprint density at radius 1 is 1.40 bits per heavy atom. The third-order valence-corrected chi connectivity index (χ3v) is 3.72. The third-order valence-electron chi connectivity index (χ3n) is 3.72. The zero-order valence-corrected chi connectivity index (χ0v) is 12.4. The van der Waals surface area contributed by atoms with Crippen molar-refractivity contribution in [1.82, 2.24) is 9.80 Å². The molecule has 0 aromatic heterocycles. The summed E-state index contributed by atoms with van der Waals surface area (Å²) in [6, 6.07) is -1.06. The van der Waals surface area contributed by atoms with Gasteiger partial charge in [-0.1, -0.05) is 0 Å². The molecule has 0 aliphatic carbocycles. The van der Waals surface area contributed by atoms with Crippen molar-refractivity contribution in [3.05, 3.63) is 0 Å². The van der Waals surface area contributed by atoms with E-state index in [-0.39, 0.29) is 6.54 Å². The van der Waals surface area contributed by atoms with Gasteiger partial charge in [-0.05, 0) is 33.6 Å². The van der Waals surface area contributed by atoms with Gasteiger partial charge >= 0.3 is 18.0 Å². The number of hydrogen-bond donors (Lipinski definition) is 1. The summed E-state index contributed by atoms with van der Waals surface area (Å²) in [5, 5.41) is 9.25. The molecule has 0 bridgehead atoms. The van der Waals surface area contributed by atoms with E-state index >= 15 is 0 Å². The standard InChI is InChI=1S/C13H22N2O5/c1-5-15(13(2,3)11(17)18)12(19)14-8-6-7-9(14)10(16)20-4/h9H,5-8H2,1-4H3,(H,17,18). The van der Waals surface area contributed by atoms with Gasteiger partial charge in [0.1, 0.15) is 11.6 Å².